The lowest BCUT2D eigenvalue weighted by Gasteiger charge is -2.51. The van der Waals surface area contributed by atoms with E-state index in [0.717, 1.165) is 85.0 Å². The summed E-state index contributed by atoms with van der Waals surface area (Å²) >= 11 is 0. The fourth-order valence-electron chi connectivity index (χ4n) is 17.0. The molecule has 127 heavy (non-hydrogen) atoms. The molecule has 5 heterocycles. The Morgan fingerprint density at radius 3 is 1.16 bits per heavy atom. The van der Waals surface area contributed by atoms with Crippen molar-refractivity contribution in [2.75, 3.05) is 39.6 Å². The topological polar surface area (TPSA) is 665 Å². The van der Waals surface area contributed by atoms with E-state index in [9.17, 15) is 136 Å². The predicted octanol–water partition coefficient (Wildman–Crippen LogP) is -0.537. The first-order valence-electron chi connectivity index (χ1n) is 45.8. The zero-order chi connectivity index (χ0) is 94.1. The van der Waals surface area contributed by atoms with Crippen LogP contribution in [-0.2, 0) is 80.9 Å². The van der Waals surface area contributed by atoms with Gasteiger partial charge < -0.3 is 171 Å². The number of aliphatic hydroxyl groups is 17. The summed E-state index contributed by atoms with van der Waals surface area (Å²) in [6.45, 7) is -0.0497. The molecule has 5 fully saturated rings. The van der Waals surface area contributed by atoms with Crippen LogP contribution in [0.1, 0.15) is 266 Å². The SMILES string of the molecule is CCCCCCCCCCCCC/C=C/[C@@H](O)[C@H](CO[C@@H]1O[C@H](CO)[C@@H](O[C@@H]2O[C@H](CO)[C@H](O)[C@H](O[C@]3(C(=O)O)C[C@H](O)[C@@H](NC(C)=O)C([C@H](O)[C@@H](CO)O[C@]4(C(=O)O)C[C@H](O)[C@@H](NC(C)=O)C([C@H](O)[C@@H](CO)O[C@]5(C(=O)O)C[C@H](O)[C@@H](NC(C)=O)C([C@H](O)[C@H](O)CO)O5)O4)O3)[C@H]2O)[C@H](O)[C@H]1O)NC(=O)CCCCCCCCCCCCCCCCCCCCCC. The average molecular weight is 1830 g/mol. The maximum absolute atomic E-state index is 13.8. The smallest absolute Gasteiger partial charge is 0.364 e. The highest BCUT2D eigenvalue weighted by Gasteiger charge is 2.64. The predicted molar refractivity (Wildman–Crippen MR) is 447 cm³/mol. The van der Waals surface area contributed by atoms with Crippen LogP contribution in [0.2, 0.25) is 0 Å². The van der Waals surface area contributed by atoms with Gasteiger partial charge in [-0.15, -0.1) is 0 Å². The van der Waals surface area contributed by atoms with Gasteiger partial charge in [0.05, 0.1) is 88.2 Å². The Morgan fingerprint density at radius 1 is 0.425 bits per heavy atom. The molecule has 0 aromatic carbocycles. The summed E-state index contributed by atoms with van der Waals surface area (Å²) < 4.78 is 58.3. The van der Waals surface area contributed by atoms with Gasteiger partial charge in [0.1, 0.15) is 104 Å². The Kier molecular flexibility index (Phi) is 51.5. The number of nitrogens with one attached hydrogen (secondary N) is 4. The number of allylic oxidation sites excluding steroid dienone is 1. The van der Waals surface area contributed by atoms with Gasteiger partial charge in [0.15, 0.2) is 12.6 Å². The van der Waals surface area contributed by atoms with Gasteiger partial charge in [-0.1, -0.05) is 212 Å². The third-order valence-corrected chi connectivity index (χ3v) is 24.2. The summed E-state index contributed by atoms with van der Waals surface area (Å²) in [5, 5.41) is 235. The average Bonchev–Trinajstić information content (AvgIpc) is 0.745. The van der Waals surface area contributed by atoms with Crippen LogP contribution in [0.3, 0.4) is 0 Å². The highest BCUT2D eigenvalue weighted by atomic mass is 16.8. The van der Waals surface area contributed by atoms with Crippen molar-refractivity contribution in [1.29, 1.82) is 0 Å². The lowest BCUT2D eigenvalue weighted by Crippen LogP contribution is -2.72. The highest BCUT2D eigenvalue weighted by molar-refractivity contribution is 5.79. The molecule has 738 valence electrons. The lowest BCUT2D eigenvalue weighted by atomic mass is 9.86. The minimum Gasteiger partial charge on any atom is -0.477 e. The molecule has 5 aliphatic rings. The van der Waals surface area contributed by atoms with Gasteiger partial charge in [0.25, 0.3) is 17.4 Å². The molecule has 24 N–H and O–H groups in total. The van der Waals surface area contributed by atoms with Crippen molar-refractivity contribution < 1.29 is 183 Å². The molecule has 0 aromatic heterocycles. The number of aliphatic hydroxyl groups excluding tert-OH is 17. The number of carbonyl (C=O) groups is 7. The number of aliphatic carboxylic acids is 3. The number of rotatable bonds is 64. The lowest BCUT2D eigenvalue weighted by molar-refractivity contribution is -0.388. The molecule has 5 aliphatic heterocycles. The van der Waals surface area contributed by atoms with Crippen molar-refractivity contribution in [3.63, 3.8) is 0 Å². The third-order valence-electron chi connectivity index (χ3n) is 24.2. The van der Waals surface area contributed by atoms with E-state index >= 15 is 0 Å². The first kappa shape index (κ1) is 112. The zero-order valence-corrected chi connectivity index (χ0v) is 74.3. The molecule has 5 rings (SSSR count). The van der Waals surface area contributed by atoms with E-state index in [0.29, 0.717) is 12.8 Å². The summed E-state index contributed by atoms with van der Waals surface area (Å²) in [4.78, 5) is 92.3. The molecule has 0 radical (unpaired) electrons. The van der Waals surface area contributed by atoms with Crippen molar-refractivity contribution >= 4 is 41.5 Å². The quantitative estimate of drug-likeness (QED) is 0.0269. The van der Waals surface area contributed by atoms with Crippen LogP contribution in [0.15, 0.2) is 12.2 Å². The van der Waals surface area contributed by atoms with Crippen molar-refractivity contribution in [3.8, 4) is 0 Å². The molecular formula is C86H152N4O37. The van der Waals surface area contributed by atoms with E-state index < -0.39 is 283 Å². The number of carbonyl (C=O) groups excluding carboxylic acids is 4. The van der Waals surface area contributed by atoms with Crippen LogP contribution < -0.4 is 21.3 Å². The van der Waals surface area contributed by atoms with Gasteiger partial charge in [-0.3, -0.25) is 19.2 Å². The fourth-order valence-corrected chi connectivity index (χ4v) is 17.0. The van der Waals surface area contributed by atoms with Crippen LogP contribution in [0.4, 0.5) is 0 Å². The van der Waals surface area contributed by atoms with Crippen molar-refractivity contribution in [1.82, 2.24) is 21.3 Å². The molecule has 0 saturated carbocycles. The summed E-state index contributed by atoms with van der Waals surface area (Å²) in [6, 6.07) is -7.03. The van der Waals surface area contributed by atoms with Crippen LogP contribution >= 0.6 is 0 Å². The maximum atomic E-state index is 13.8. The molecule has 5 saturated heterocycles. The summed E-state index contributed by atoms with van der Waals surface area (Å²) in [5.74, 6) is -20.6. The van der Waals surface area contributed by atoms with Crippen molar-refractivity contribution in [3.05, 3.63) is 12.2 Å². The van der Waals surface area contributed by atoms with E-state index in [2.05, 4.69) is 35.1 Å². The van der Waals surface area contributed by atoms with Crippen LogP contribution in [-0.4, -0.2) is 366 Å². The van der Waals surface area contributed by atoms with Crippen molar-refractivity contribution in [2.45, 2.75) is 448 Å². The molecule has 41 nitrogen and oxygen atoms in total. The minimum absolute atomic E-state index is 0.123. The van der Waals surface area contributed by atoms with Gasteiger partial charge in [-0.05, 0) is 19.3 Å². The van der Waals surface area contributed by atoms with E-state index in [1.54, 1.807) is 6.08 Å². The number of amides is 4. The van der Waals surface area contributed by atoms with Crippen LogP contribution in [0.5, 0.6) is 0 Å². The van der Waals surface area contributed by atoms with E-state index in [1.165, 1.54) is 134 Å². The number of hydrogen-bond acceptors (Lipinski definition) is 34. The Labute approximate surface area is 742 Å². The van der Waals surface area contributed by atoms with Gasteiger partial charge in [0, 0.05) is 46.5 Å². The Morgan fingerprint density at radius 2 is 0.787 bits per heavy atom. The maximum Gasteiger partial charge on any atom is 0.364 e. The molecule has 0 bridgehead atoms. The molecule has 4 amide bonds. The van der Waals surface area contributed by atoms with E-state index in [1.807, 2.05) is 0 Å². The molecule has 3 unspecified atom stereocenters. The Hall–Kier alpha value is -5.05. The summed E-state index contributed by atoms with van der Waals surface area (Å²) in [5.41, 5.74) is 0. The number of carboxylic acid groups (broad SMARTS) is 3. The Balaban J connectivity index is 1.32. The second-order valence-electron chi connectivity index (χ2n) is 34.6. The summed E-state index contributed by atoms with van der Waals surface area (Å²) in [6.07, 6.45) is -15.6. The number of carboxylic acids is 3. The normalized spacial score (nSPS) is 31.9. The van der Waals surface area contributed by atoms with Crippen molar-refractivity contribution in [2.24, 2.45) is 0 Å². The molecule has 0 aromatic rings. The monoisotopic (exact) mass is 1830 g/mol. The van der Waals surface area contributed by atoms with Gasteiger partial charge in [0.2, 0.25) is 23.6 Å². The van der Waals surface area contributed by atoms with Crippen LogP contribution in [0, 0.1) is 0 Å². The second-order valence-corrected chi connectivity index (χ2v) is 34.6. The molecular weight excluding hydrogens is 1680 g/mol. The number of ether oxygens (including phenoxy) is 10. The first-order chi connectivity index (χ1) is 60.5. The minimum atomic E-state index is -3.58. The zero-order valence-electron chi connectivity index (χ0n) is 74.3. The molecule has 0 aliphatic carbocycles. The summed E-state index contributed by atoms with van der Waals surface area (Å²) in [7, 11) is 0. The Bertz CT molecular complexity index is 3190. The van der Waals surface area contributed by atoms with E-state index in [4.69, 9.17) is 47.4 Å². The first-order valence-corrected chi connectivity index (χ1v) is 45.8. The number of unbranched alkanes of at least 4 members (excludes halogenated alkanes) is 30. The third kappa shape index (κ3) is 34.7. The fraction of sp³-hybridized carbons (Fsp3) is 0.895. The molecule has 0 spiro atoms. The molecule has 30 atom stereocenters. The van der Waals surface area contributed by atoms with Crippen LogP contribution in [0.25, 0.3) is 0 Å². The van der Waals surface area contributed by atoms with Gasteiger partial charge >= 0.3 is 17.9 Å². The highest BCUT2D eigenvalue weighted by Crippen LogP contribution is 2.43. The molecule has 41 heteroatoms. The standard InChI is InChI=1S/C86H152N4O37/c1-6-8-10-12-14-16-18-20-21-22-23-24-25-26-28-30-32-34-36-38-40-63(104)90-53(54(99)39-37-35-33-31-29-27-19-17-15-13-11-9-7-2)49-118-79-72(110)71(109)74(62(48-95)120-79)121-80-73(111)78(68(106)59(45-92)119-80)127-86(83(116)117)43-57(102)66(89-52(5)98)77(126-86)70(108)61(47-94)123-85(82(114)115)42-56(101)65(88-51(4)97)76(125-85)69(107)60(46-93)122-84(81(112)113)41-55(100)64(87-50(3)96)75(124-84)67(105)58(103)44-91/h37,39,53-62,64-80,91-95,99-103,105-111H,6-36,38,40-49H2,1-5H3,(H,87,96)(H,88,97)(H,89,98)(H,90,104)(H,112,113)(H,114,115)(H,116,117)/b39-37+/t53-,54+,55-,56-,57-,58+,59+,60+,61+,62+,64+,65+,66+,67+,68-,69+,70+,71+,72+,73+,74+,75?,76?,77?,78-,79+,80-,84+,85+,86-/m0/s1. The van der Waals surface area contributed by atoms with Gasteiger partial charge in [-0.2, -0.15) is 0 Å². The van der Waals surface area contributed by atoms with E-state index in [-0.39, 0.29) is 6.42 Å². The van der Waals surface area contributed by atoms with Gasteiger partial charge in [-0.25, -0.2) is 14.4 Å². The number of hydrogen-bond donors (Lipinski definition) is 24. The largest absolute Gasteiger partial charge is 0.477 e. The second kappa shape index (κ2) is 58.2.